The lowest BCUT2D eigenvalue weighted by Gasteiger charge is -2.28. The van der Waals surface area contributed by atoms with E-state index in [9.17, 15) is 14.4 Å². The van der Waals surface area contributed by atoms with Gasteiger partial charge in [-0.3, -0.25) is 14.5 Å². The minimum atomic E-state index is -0.607. The first-order valence-electron chi connectivity index (χ1n) is 9.03. The Hall–Kier alpha value is -2.64. The van der Waals surface area contributed by atoms with Gasteiger partial charge in [0.15, 0.2) is 0 Å². The number of hydrogen-bond acceptors (Lipinski definition) is 5. The van der Waals surface area contributed by atoms with E-state index in [1.54, 1.807) is 53.1 Å². The Morgan fingerprint density at radius 2 is 2.00 bits per heavy atom. The molecule has 1 aromatic heterocycles. The molecule has 0 aliphatic carbocycles. The molecule has 1 saturated heterocycles. The number of nitrogens with zero attached hydrogens (tertiary/aromatic N) is 3. The summed E-state index contributed by atoms with van der Waals surface area (Å²) < 4.78 is 5.38. The van der Waals surface area contributed by atoms with Crippen LogP contribution in [0.15, 0.2) is 18.2 Å². The Balaban J connectivity index is 1.98. The summed E-state index contributed by atoms with van der Waals surface area (Å²) in [5.74, 6) is -0.445. The largest absolute Gasteiger partial charge is 0.444 e. The van der Waals surface area contributed by atoms with Gasteiger partial charge < -0.3 is 15.0 Å². The number of carbonyl (C=O) groups is 3. The van der Waals surface area contributed by atoms with E-state index in [2.05, 4.69) is 10.3 Å². The molecule has 1 N–H and O–H groups in total. The number of pyridine rings is 1. The molecule has 0 spiro atoms. The molecule has 8 nitrogen and oxygen atoms in total. The average molecular weight is 376 g/mol. The van der Waals surface area contributed by atoms with Crippen LogP contribution in [0.1, 0.15) is 49.8 Å². The van der Waals surface area contributed by atoms with E-state index in [1.807, 2.05) is 0 Å². The van der Waals surface area contributed by atoms with Gasteiger partial charge in [0, 0.05) is 20.6 Å². The molecule has 0 radical (unpaired) electrons. The maximum Gasteiger partial charge on any atom is 0.410 e. The highest BCUT2D eigenvalue weighted by Gasteiger charge is 2.36. The third-order valence-corrected chi connectivity index (χ3v) is 4.06. The number of amides is 3. The number of likely N-dealkylation sites (tertiary alicyclic amines) is 1. The third kappa shape index (κ3) is 5.67. The lowest BCUT2D eigenvalue weighted by atomic mass is 10.2. The topological polar surface area (TPSA) is 91.8 Å². The number of carbonyl (C=O) groups excluding carboxylic acids is 3. The van der Waals surface area contributed by atoms with Crippen LogP contribution >= 0.6 is 0 Å². The second-order valence-corrected chi connectivity index (χ2v) is 7.76. The van der Waals surface area contributed by atoms with Crippen molar-refractivity contribution in [2.75, 3.05) is 20.6 Å². The summed E-state index contributed by atoms with van der Waals surface area (Å²) in [6.45, 7) is 6.07. The molecular formula is C19H28N4O4. The van der Waals surface area contributed by atoms with Gasteiger partial charge in [0.2, 0.25) is 5.91 Å². The van der Waals surface area contributed by atoms with Crippen molar-refractivity contribution in [2.24, 2.45) is 0 Å². The van der Waals surface area contributed by atoms with Crippen molar-refractivity contribution in [3.8, 4) is 0 Å². The normalized spacial score (nSPS) is 16.8. The fourth-order valence-corrected chi connectivity index (χ4v) is 2.80. The summed E-state index contributed by atoms with van der Waals surface area (Å²) in [5, 5.41) is 2.81. The maximum absolute atomic E-state index is 12.6. The van der Waals surface area contributed by atoms with Crippen molar-refractivity contribution in [1.29, 1.82) is 0 Å². The number of nitrogens with one attached hydrogen (secondary N) is 1. The Kier molecular flexibility index (Phi) is 6.41. The summed E-state index contributed by atoms with van der Waals surface area (Å²) in [6.07, 6.45) is 0.872. The van der Waals surface area contributed by atoms with Crippen LogP contribution in [0.3, 0.4) is 0 Å². The molecular weight excluding hydrogens is 348 g/mol. The average Bonchev–Trinajstić information content (AvgIpc) is 3.07. The fourth-order valence-electron chi connectivity index (χ4n) is 2.80. The lowest BCUT2D eigenvalue weighted by molar-refractivity contribution is -0.125. The van der Waals surface area contributed by atoms with Gasteiger partial charge in [-0.2, -0.15) is 0 Å². The highest BCUT2D eigenvalue weighted by Crippen LogP contribution is 2.21. The Morgan fingerprint density at radius 1 is 1.30 bits per heavy atom. The van der Waals surface area contributed by atoms with E-state index < -0.39 is 17.7 Å². The van der Waals surface area contributed by atoms with Crippen LogP contribution in [0.25, 0.3) is 0 Å². The molecule has 148 valence electrons. The summed E-state index contributed by atoms with van der Waals surface area (Å²) in [4.78, 5) is 44.1. The number of rotatable bonds is 4. The van der Waals surface area contributed by atoms with Crippen LogP contribution < -0.4 is 5.32 Å². The molecule has 0 saturated carbocycles. The van der Waals surface area contributed by atoms with Crippen molar-refractivity contribution in [1.82, 2.24) is 20.1 Å². The number of aromatic nitrogens is 1. The minimum absolute atomic E-state index is 0.187. The van der Waals surface area contributed by atoms with E-state index in [4.69, 9.17) is 4.74 Å². The molecule has 2 heterocycles. The Morgan fingerprint density at radius 3 is 2.63 bits per heavy atom. The second kappa shape index (κ2) is 8.37. The van der Waals surface area contributed by atoms with Gasteiger partial charge in [-0.1, -0.05) is 6.07 Å². The molecule has 1 aliphatic rings. The van der Waals surface area contributed by atoms with Gasteiger partial charge in [0.1, 0.15) is 17.3 Å². The molecule has 1 fully saturated rings. The summed E-state index contributed by atoms with van der Waals surface area (Å²) in [7, 11) is 3.31. The molecule has 1 unspecified atom stereocenters. The highest BCUT2D eigenvalue weighted by atomic mass is 16.6. The molecule has 1 aliphatic heterocycles. The zero-order valence-electron chi connectivity index (χ0n) is 16.6. The monoisotopic (exact) mass is 376 g/mol. The van der Waals surface area contributed by atoms with E-state index in [0.29, 0.717) is 24.4 Å². The zero-order valence-corrected chi connectivity index (χ0v) is 16.6. The van der Waals surface area contributed by atoms with Crippen LogP contribution in [0.2, 0.25) is 0 Å². The Labute approximate surface area is 159 Å². The van der Waals surface area contributed by atoms with Crippen molar-refractivity contribution < 1.29 is 19.1 Å². The van der Waals surface area contributed by atoms with E-state index in [0.717, 1.165) is 6.42 Å². The summed E-state index contributed by atoms with van der Waals surface area (Å²) in [5.41, 5.74) is 0.296. The molecule has 3 amide bonds. The third-order valence-electron chi connectivity index (χ3n) is 4.06. The van der Waals surface area contributed by atoms with Crippen molar-refractivity contribution in [3.05, 3.63) is 29.6 Å². The SMILES string of the molecule is CN(C)C(=O)c1cccc(CNC(=O)C2CCCN2C(=O)OC(C)(C)C)n1. The van der Waals surface area contributed by atoms with E-state index >= 15 is 0 Å². The van der Waals surface area contributed by atoms with Crippen LogP contribution in [0.5, 0.6) is 0 Å². The van der Waals surface area contributed by atoms with Crippen LogP contribution in [-0.2, 0) is 16.1 Å². The first kappa shape index (κ1) is 20.7. The number of hydrogen-bond donors (Lipinski definition) is 1. The minimum Gasteiger partial charge on any atom is -0.444 e. The van der Waals surface area contributed by atoms with Gasteiger partial charge in [0.05, 0.1) is 12.2 Å². The molecule has 0 bridgehead atoms. The van der Waals surface area contributed by atoms with Crippen molar-refractivity contribution in [2.45, 2.75) is 51.8 Å². The van der Waals surface area contributed by atoms with Crippen LogP contribution in [-0.4, -0.2) is 65.0 Å². The maximum atomic E-state index is 12.6. The van der Waals surface area contributed by atoms with Crippen LogP contribution in [0.4, 0.5) is 4.79 Å². The van der Waals surface area contributed by atoms with Crippen molar-refractivity contribution in [3.63, 3.8) is 0 Å². The van der Waals surface area contributed by atoms with Gasteiger partial charge in [-0.25, -0.2) is 9.78 Å². The molecule has 27 heavy (non-hydrogen) atoms. The quantitative estimate of drug-likeness (QED) is 0.865. The van der Waals surface area contributed by atoms with Gasteiger partial charge in [-0.05, 0) is 45.7 Å². The standard InChI is InChI=1S/C19H28N4O4/c1-19(2,3)27-18(26)23-11-7-10-15(23)16(24)20-12-13-8-6-9-14(21-13)17(25)22(4)5/h6,8-9,15H,7,10-12H2,1-5H3,(H,20,24). The van der Waals surface area contributed by atoms with Crippen molar-refractivity contribution >= 4 is 17.9 Å². The highest BCUT2D eigenvalue weighted by molar-refractivity contribution is 5.92. The van der Waals surface area contributed by atoms with E-state index in [-0.39, 0.29) is 18.4 Å². The lowest BCUT2D eigenvalue weighted by Crippen LogP contribution is -2.47. The van der Waals surface area contributed by atoms with Gasteiger partial charge in [0.25, 0.3) is 5.91 Å². The van der Waals surface area contributed by atoms with Gasteiger partial charge >= 0.3 is 6.09 Å². The molecule has 8 heteroatoms. The molecule has 0 aromatic carbocycles. The summed E-state index contributed by atoms with van der Waals surface area (Å²) >= 11 is 0. The molecule has 1 aromatic rings. The van der Waals surface area contributed by atoms with Crippen LogP contribution in [0, 0.1) is 0 Å². The Bertz CT molecular complexity index is 712. The fraction of sp³-hybridized carbons (Fsp3) is 0.579. The predicted molar refractivity (Wildman–Crippen MR) is 100 cm³/mol. The predicted octanol–water partition coefficient (Wildman–Crippen LogP) is 1.80. The first-order chi connectivity index (χ1) is 12.6. The smallest absolute Gasteiger partial charge is 0.410 e. The van der Waals surface area contributed by atoms with E-state index in [1.165, 1.54) is 9.80 Å². The number of ether oxygens (including phenoxy) is 1. The summed E-state index contributed by atoms with van der Waals surface area (Å²) in [6, 6.07) is 4.56. The molecule has 1 atom stereocenters. The second-order valence-electron chi connectivity index (χ2n) is 7.76. The first-order valence-corrected chi connectivity index (χ1v) is 9.03. The molecule has 2 rings (SSSR count). The zero-order chi connectivity index (χ0) is 20.2. The van der Waals surface area contributed by atoms with Gasteiger partial charge in [-0.15, -0.1) is 0 Å².